The van der Waals surface area contributed by atoms with Gasteiger partial charge in [0.2, 0.25) is 5.91 Å². The van der Waals surface area contributed by atoms with Crippen LogP contribution in [0.3, 0.4) is 0 Å². The fourth-order valence-corrected chi connectivity index (χ4v) is 4.63. The van der Waals surface area contributed by atoms with Gasteiger partial charge in [0.25, 0.3) is 0 Å². The van der Waals surface area contributed by atoms with E-state index in [0.717, 1.165) is 54.5 Å². The highest BCUT2D eigenvalue weighted by Gasteiger charge is 2.34. The number of alkyl halides is 3. The average Bonchev–Trinajstić information content (AvgIpc) is 2.82. The maximum Gasteiger partial charge on any atom is 0.419 e. The number of piperidine rings is 1. The van der Waals surface area contributed by atoms with E-state index >= 15 is 0 Å². The second-order valence-corrected chi connectivity index (χ2v) is 8.97. The van der Waals surface area contributed by atoms with Crippen molar-refractivity contribution in [3.8, 4) is 5.75 Å². The summed E-state index contributed by atoms with van der Waals surface area (Å²) in [7, 11) is 0. The molecule has 1 saturated heterocycles. The van der Waals surface area contributed by atoms with Crippen LogP contribution < -0.4 is 9.64 Å². The Labute approximate surface area is 197 Å². The van der Waals surface area contributed by atoms with E-state index in [4.69, 9.17) is 9.72 Å². The van der Waals surface area contributed by atoms with E-state index in [1.807, 2.05) is 11.8 Å². The molecule has 0 saturated carbocycles. The number of nitrogens with zero attached hydrogens (tertiary/aromatic N) is 4. The lowest BCUT2D eigenvalue weighted by molar-refractivity contribution is -0.139. The molecule has 1 aromatic heterocycles. The Kier molecular flexibility index (Phi) is 7.09. The van der Waals surface area contributed by atoms with Crippen LogP contribution in [-0.4, -0.2) is 53.6 Å². The van der Waals surface area contributed by atoms with Gasteiger partial charge in [-0.2, -0.15) is 13.2 Å². The number of carbonyl (C=O) groups is 1. The molecule has 1 unspecified atom stereocenters. The van der Waals surface area contributed by atoms with Crippen molar-refractivity contribution in [2.45, 2.75) is 39.3 Å². The summed E-state index contributed by atoms with van der Waals surface area (Å²) in [5.74, 6) is 0.776. The Balaban J connectivity index is 1.44. The molecule has 0 aliphatic carbocycles. The van der Waals surface area contributed by atoms with Crippen LogP contribution in [-0.2, 0) is 11.0 Å². The van der Waals surface area contributed by atoms with Gasteiger partial charge in [0, 0.05) is 39.0 Å². The Bertz CT molecular complexity index is 1070. The predicted octanol–water partition coefficient (Wildman–Crippen LogP) is 4.82. The van der Waals surface area contributed by atoms with E-state index < -0.39 is 11.7 Å². The predicted molar refractivity (Wildman–Crippen MR) is 123 cm³/mol. The number of amides is 1. The van der Waals surface area contributed by atoms with Gasteiger partial charge in [-0.1, -0.05) is 12.1 Å². The zero-order valence-electron chi connectivity index (χ0n) is 19.4. The third-order valence-corrected chi connectivity index (χ3v) is 6.46. The molecule has 0 radical (unpaired) electrons. The van der Waals surface area contributed by atoms with E-state index in [-0.39, 0.29) is 24.2 Å². The number of hydrogen-bond acceptors (Lipinski definition) is 5. The highest BCUT2D eigenvalue weighted by molar-refractivity contribution is 5.76. The van der Waals surface area contributed by atoms with Crippen LogP contribution in [0.4, 0.5) is 19.0 Å². The van der Waals surface area contributed by atoms with Gasteiger partial charge in [0.15, 0.2) is 0 Å². The number of benzene rings is 1. The van der Waals surface area contributed by atoms with Gasteiger partial charge in [-0.05, 0) is 49.5 Å². The first-order valence-electron chi connectivity index (χ1n) is 11.5. The summed E-state index contributed by atoms with van der Waals surface area (Å²) >= 11 is 0. The van der Waals surface area contributed by atoms with Gasteiger partial charge in [0.05, 0.1) is 30.3 Å². The quantitative estimate of drug-likeness (QED) is 0.622. The molecule has 4 rings (SSSR count). The van der Waals surface area contributed by atoms with E-state index in [2.05, 4.69) is 9.88 Å². The van der Waals surface area contributed by atoms with Crippen molar-refractivity contribution in [2.75, 3.05) is 37.7 Å². The zero-order chi connectivity index (χ0) is 24.3. The summed E-state index contributed by atoms with van der Waals surface area (Å²) in [6.45, 7) is 6.52. The maximum atomic E-state index is 13.3. The van der Waals surface area contributed by atoms with E-state index in [0.29, 0.717) is 19.6 Å². The van der Waals surface area contributed by atoms with Crippen molar-refractivity contribution in [1.29, 1.82) is 0 Å². The van der Waals surface area contributed by atoms with E-state index in [1.54, 1.807) is 25.4 Å². The highest BCUT2D eigenvalue weighted by atomic mass is 19.4. The standard InChI is InChI=1S/C25H29F3N4O2/c1-17-14-31(18(2)33)11-9-20(17)22-12-29-13-24(30-22)32-10-5-6-19(15-32)16-34-23-8-4-3-7-21(23)25(26,27)28/h3-4,7-8,12-13,19H,5-6,9-11,14-16H2,1-2H3. The van der Waals surface area contributed by atoms with Gasteiger partial charge in [-0.15, -0.1) is 0 Å². The van der Waals surface area contributed by atoms with Crippen LogP contribution in [0.5, 0.6) is 5.75 Å². The van der Waals surface area contributed by atoms with Crippen LogP contribution in [0.1, 0.15) is 44.4 Å². The average molecular weight is 475 g/mol. The van der Waals surface area contributed by atoms with E-state index in [1.165, 1.54) is 12.1 Å². The van der Waals surface area contributed by atoms with Crippen LogP contribution in [0.15, 0.2) is 42.2 Å². The summed E-state index contributed by atoms with van der Waals surface area (Å²) in [5, 5.41) is 0. The summed E-state index contributed by atoms with van der Waals surface area (Å²) in [6, 6.07) is 5.33. The van der Waals surface area contributed by atoms with Crippen LogP contribution >= 0.6 is 0 Å². The number of anilines is 1. The number of para-hydroxylation sites is 1. The van der Waals surface area contributed by atoms with Gasteiger partial charge in [-0.3, -0.25) is 9.78 Å². The molecule has 9 heteroatoms. The maximum absolute atomic E-state index is 13.3. The lowest BCUT2D eigenvalue weighted by Crippen LogP contribution is -2.38. The smallest absolute Gasteiger partial charge is 0.419 e. The first kappa shape index (κ1) is 24.0. The SMILES string of the molecule is CC(=O)N1CCC(c2cncc(N3CCCC(COc4ccccc4C(F)(F)F)C3)n2)=C(C)C1. The molecule has 2 aliphatic rings. The molecule has 2 aliphatic heterocycles. The van der Waals surface area contributed by atoms with Crippen molar-refractivity contribution >= 4 is 17.3 Å². The summed E-state index contributed by atoms with van der Waals surface area (Å²) in [5.41, 5.74) is 2.30. The molecule has 1 atom stereocenters. The molecule has 6 nitrogen and oxygen atoms in total. The number of ether oxygens (including phenoxy) is 1. The lowest BCUT2D eigenvalue weighted by atomic mass is 9.98. The molecular formula is C25H29F3N4O2. The van der Waals surface area contributed by atoms with Gasteiger partial charge in [-0.25, -0.2) is 4.98 Å². The number of aromatic nitrogens is 2. The highest BCUT2D eigenvalue weighted by Crippen LogP contribution is 2.36. The van der Waals surface area contributed by atoms with Crippen molar-refractivity contribution < 1.29 is 22.7 Å². The van der Waals surface area contributed by atoms with E-state index in [9.17, 15) is 18.0 Å². The van der Waals surface area contributed by atoms with Crippen LogP contribution in [0.25, 0.3) is 5.57 Å². The summed E-state index contributed by atoms with van der Waals surface area (Å²) in [4.78, 5) is 24.9. The molecule has 0 N–H and O–H groups in total. The van der Waals surface area contributed by atoms with Crippen LogP contribution in [0.2, 0.25) is 0 Å². The summed E-state index contributed by atoms with van der Waals surface area (Å²) in [6.07, 6.45) is 1.55. The topological polar surface area (TPSA) is 58.6 Å². The lowest BCUT2D eigenvalue weighted by Gasteiger charge is -2.34. The number of rotatable bonds is 5. The Morgan fingerprint density at radius 1 is 1.21 bits per heavy atom. The first-order chi connectivity index (χ1) is 16.2. The van der Waals surface area contributed by atoms with Gasteiger partial charge < -0.3 is 14.5 Å². The molecule has 182 valence electrons. The molecule has 1 amide bonds. The minimum Gasteiger partial charge on any atom is -0.493 e. The van der Waals surface area contributed by atoms with Crippen molar-refractivity contribution in [1.82, 2.24) is 14.9 Å². The fourth-order valence-electron chi connectivity index (χ4n) is 4.63. The molecule has 3 heterocycles. The second-order valence-electron chi connectivity index (χ2n) is 8.97. The summed E-state index contributed by atoms with van der Waals surface area (Å²) < 4.78 is 45.4. The number of carbonyl (C=O) groups excluding carboxylic acids is 1. The number of halogens is 3. The second kappa shape index (κ2) is 10.0. The Hall–Kier alpha value is -3.10. The molecule has 1 aromatic carbocycles. The van der Waals surface area contributed by atoms with Crippen LogP contribution in [0, 0.1) is 5.92 Å². The number of hydrogen-bond donors (Lipinski definition) is 0. The molecule has 0 spiro atoms. The van der Waals surface area contributed by atoms with Crippen molar-refractivity contribution in [2.24, 2.45) is 5.92 Å². The molecule has 34 heavy (non-hydrogen) atoms. The minimum absolute atomic E-state index is 0.0673. The third kappa shape index (κ3) is 5.51. The van der Waals surface area contributed by atoms with Gasteiger partial charge in [0.1, 0.15) is 11.6 Å². The molecule has 0 bridgehead atoms. The molecule has 1 fully saturated rings. The van der Waals surface area contributed by atoms with Gasteiger partial charge >= 0.3 is 6.18 Å². The Morgan fingerprint density at radius 2 is 2.00 bits per heavy atom. The zero-order valence-corrected chi connectivity index (χ0v) is 19.4. The normalized spacial score (nSPS) is 19.4. The monoisotopic (exact) mass is 474 g/mol. The molecular weight excluding hydrogens is 445 g/mol. The fraction of sp³-hybridized carbons (Fsp3) is 0.480. The molecule has 2 aromatic rings. The third-order valence-electron chi connectivity index (χ3n) is 6.46. The van der Waals surface area contributed by atoms with Crippen molar-refractivity contribution in [3.05, 3.63) is 53.5 Å². The van der Waals surface area contributed by atoms with Crippen molar-refractivity contribution in [3.63, 3.8) is 0 Å². The first-order valence-corrected chi connectivity index (χ1v) is 11.5. The minimum atomic E-state index is -4.45. The largest absolute Gasteiger partial charge is 0.493 e. The Morgan fingerprint density at radius 3 is 2.74 bits per heavy atom.